The van der Waals surface area contributed by atoms with Crippen molar-refractivity contribution in [3.05, 3.63) is 29.8 Å². The highest BCUT2D eigenvalue weighted by Gasteiger charge is 2.36. The van der Waals surface area contributed by atoms with Crippen LogP contribution in [0.15, 0.2) is 24.3 Å². The third-order valence-corrected chi connectivity index (χ3v) is 8.34. The molecule has 1 aromatic carbocycles. The normalized spacial score (nSPS) is 12.6. The van der Waals surface area contributed by atoms with Crippen molar-refractivity contribution in [2.75, 3.05) is 19.0 Å². The van der Waals surface area contributed by atoms with Crippen LogP contribution in [0.5, 0.6) is 0 Å². The summed E-state index contributed by atoms with van der Waals surface area (Å²) >= 11 is 0. The Kier molecular flexibility index (Phi) is 4.62. The van der Waals surface area contributed by atoms with Crippen LogP contribution < -0.4 is 4.90 Å². The second-order valence-corrected chi connectivity index (χ2v) is 11.4. The summed E-state index contributed by atoms with van der Waals surface area (Å²) in [6.45, 7) is 12.1. The summed E-state index contributed by atoms with van der Waals surface area (Å²) in [6, 6.07) is 8.60. The Labute approximate surface area is 113 Å². The van der Waals surface area contributed by atoms with E-state index in [0.29, 0.717) is 0 Å². The van der Waals surface area contributed by atoms with Crippen LogP contribution in [-0.4, -0.2) is 22.4 Å². The van der Waals surface area contributed by atoms with E-state index in [4.69, 9.17) is 4.43 Å². The predicted molar refractivity (Wildman–Crippen MR) is 82.8 cm³/mol. The molecule has 2 nitrogen and oxygen atoms in total. The van der Waals surface area contributed by atoms with Crippen LogP contribution in [0.4, 0.5) is 5.69 Å². The van der Waals surface area contributed by atoms with Gasteiger partial charge in [-0.3, -0.25) is 0 Å². The maximum absolute atomic E-state index is 6.21. The van der Waals surface area contributed by atoms with Crippen molar-refractivity contribution in [2.24, 2.45) is 0 Å². The van der Waals surface area contributed by atoms with E-state index in [2.05, 4.69) is 77.1 Å². The molecule has 1 rings (SSSR count). The first-order valence-electron chi connectivity index (χ1n) is 6.54. The van der Waals surface area contributed by atoms with Crippen LogP contribution in [0, 0.1) is 0 Å². The summed E-state index contributed by atoms with van der Waals surface area (Å²) < 4.78 is 6.21. The summed E-state index contributed by atoms with van der Waals surface area (Å²) in [7, 11) is 2.48. The molecule has 0 unspecified atom stereocenters. The maximum atomic E-state index is 6.21. The lowest BCUT2D eigenvalue weighted by Crippen LogP contribution is -2.40. The van der Waals surface area contributed by atoms with E-state index in [1.54, 1.807) is 0 Å². The molecule has 1 aromatic rings. The van der Waals surface area contributed by atoms with Crippen molar-refractivity contribution < 1.29 is 4.43 Å². The lowest BCUT2D eigenvalue weighted by atomic mass is 10.2. The lowest BCUT2D eigenvalue weighted by molar-refractivity contribution is 0.276. The molecular formula is C15H27NOSi. The Balaban J connectivity index is 2.64. The van der Waals surface area contributed by atoms with E-state index in [1.165, 1.54) is 11.3 Å². The molecule has 0 heterocycles. The van der Waals surface area contributed by atoms with Crippen molar-refractivity contribution in [1.82, 2.24) is 0 Å². The molecule has 102 valence electrons. The highest BCUT2D eigenvalue weighted by molar-refractivity contribution is 6.74. The van der Waals surface area contributed by atoms with Gasteiger partial charge >= 0.3 is 0 Å². The fourth-order valence-electron chi connectivity index (χ4n) is 1.37. The van der Waals surface area contributed by atoms with Gasteiger partial charge in [-0.1, -0.05) is 32.9 Å². The monoisotopic (exact) mass is 265 g/mol. The van der Waals surface area contributed by atoms with Gasteiger partial charge in [-0.2, -0.15) is 0 Å². The average molecular weight is 265 g/mol. The zero-order chi connectivity index (χ0) is 14.0. The Morgan fingerprint density at radius 1 is 1.06 bits per heavy atom. The molecule has 3 heteroatoms. The van der Waals surface area contributed by atoms with Gasteiger partial charge in [0, 0.05) is 19.8 Å². The molecule has 0 saturated heterocycles. The molecule has 0 aromatic heterocycles. The van der Waals surface area contributed by atoms with Crippen LogP contribution in [0.2, 0.25) is 18.1 Å². The summed E-state index contributed by atoms with van der Waals surface area (Å²) in [5.74, 6) is 0. The quantitative estimate of drug-likeness (QED) is 0.754. The van der Waals surface area contributed by atoms with Gasteiger partial charge < -0.3 is 9.33 Å². The maximum Gasteiger partial charge on any atom is 0.192 e. The predicted octanol–water partition coefficient (Wildman–Crippen LogP) is 4.27. The number of nitrogens with zero attached hydrogens (tertiary/aromatic N) is 1. The van der Waals surface area contributed by atoms with Gasteiger partial charge in [0.15, 0.2) is 8.32 Å². The number of anilines is 1. The molecule has 0 atom stereocenters. The summed E-state index contributed by atoms with van der Waals surface area (Å²) in [5.41, 5.74) is 2.48. The molecule has 0 bridgehead atoms. The first-order valence-corrected chi connectivity index (χ1v) is 9.44. The molecule has 0 N–H and O–H groups in total. The molecule has 0 radical (unpaired) electrons. The van der Waals surface area contributed by atoms with Gasteiger partial charge in [0.05, 0.1) is 6.61 Å². The Hall–Kier alpha value is -0.803. The highest BCUT2D eigenvalue weighted by Crippen LogP contribution is 2.37. The van der Waals surface area contributed by atoms with Crippen LogP contribution in [0.1, 0.15) is 26.3 Å². The van der Waals surface area contributed by atoms with Crippen LogP contribution in [0.3, 0.4) is 0 Å². The van der Waals surface area contributed by atoms with E-state index in [1.807, 2.05) is 0 Å². The largest absolute Gasteiger partial charge is 0.413 e. The zero-order valence-electron chi connectivity index (χ0n) is 12.9. The molecule has 0 aliphatic carbocycles. The van der Waals surface area contributed by atoms with Gasteiger partial charge in [0.25, 0.3) is 0 Å². The van der Waals surface area contributed by atoms with E-state index in [-0.39, 0.29) is 5.04 Å². The third kappa shape index (κ3) is 3.85. The molecular weight excluding hydrogens is 238 g/mol. The van der Waals surface area contributed by atoms with Crippen molar-refractivity contribution in [3.63, 3.8) is 0 Å². The van der Waals surface area contributed by atoms with Crippen molar-refractivity contribution in [2.45, 2.75) is 45.5 Å². The van der Waals surface area contributed by atoms with Gasteiger partial charge in [0.2, 0.25) is 0 Å². The van der Waals surface area contributed by atoms with Crippen molar-refractivity contribution in [1.29, 1.82) is 0 Å². The Morgan fingerprint density at radius 3 is 1.94 bits per heavy atom. The molecule has 0 aliphatic heterocycles. The van der Waals surface area contributed by atoms with Gasteiger partial charge in [-0.15, -0.1) is 0 Å². The van der Waals surface area contributed by atoms with E-state index in [9.17, 15) is 0 Å². The van der Waals surface area contributed by atoms with Crippen molar-refractivity contribution >= 4 is 14.0 Å². The minimum Gasteiger partial charge on any atom is -0.413 e. The number of rotatable bonds is 4. The van der Waals surface area contributed by atoms with E-state index in [0.717, 1.165) is 6.61 Å². The third-order valence-electron chi connectivity index (χ3n) is 3.86. The van der Waals surface area contributed by atoms with E-state index >= 15 is 0 Å². The second kappa shape index (κ2) is 5.45. The van der Waals surface area contributed by atoms with Gasteiger partial charge in [-0.05, 0) is 35.8 Å². The molecule has 0 aliphatic rings. The first kappa shape index (κ1) is 15.3. The van der Waals surface area contributed by atoms with Crippen LogP contribution in [0.25, 0.3) is 0 Å². The summed E-state index contributed by atoms with van der Waals surface area (Å²) in [4.78, 5) is 2.11. The lowest BCUT2D eigenvalue weighted by Gasteiger charge is -2.36. The second-order valence-electron chi connectivity index (χ2n) is 6.61. The molecule has 18 heavy (non-hydrogen) atoms. The number of hydrogen-bond acceptors (Lipinski definition) is 2. The SMILES string of the molecule is CN(C)c1ccc(CO[Si](C)(C)C(C)(C)C)cc1. The zero-order valence-corrected chi connectivity index (χ0v) is 13.9. The standard InChI is InChI=1S/C15H27NOSi/c1-15(2,3)18(6,7)17-12-13-8-10-14(11-9-13)16(4)5/h8-11H,12H2,1-7H3. The molecule has 0 spiro atoms. The van der Waals surface area contributed by atoms with Gasteiger partial charge in [-0.25, -0.2) is 0 Å². The fraction of sp³-hybridized carbons (Fsp3) is 0.600. The Bertz CT molecular complexity index is 376. The van der Waals surface area contributed by atoms with E-state index < -0.39 is 8.32 Å². The van der Waals surface area contributed by atoms with Gasteiger partial charge in [0.1, 0.15) is 0 Å². The summed E-state index contributed by atoms with van der Waals surface area (Å²) in [6.07, 6.45) is 0. The highest BCUT2D eigenvalue weighted by atomic mass is 28.4. The molecule has 0 amide bonds. The minimum atomic E-state index is -1.63. The number of hydrogen-bond donors (Lipinski definition) is 0. The van der Waals surface area contributed by atoms with Crippen molar-refractivity contribution in [3.8, 4) is 0 Å². The first-order chi connectivity index (χ1) is 8.13. The molecule has 0 fully saturated rings. The fourth-order valence-corrected chi connectivity index (χ4v) is 2.33. The van der Waals surface area contributed by atoms with Crippen LogP contribution >= 0.6 is 0 Å². The molecule has 0 saturated carbocycles. The smallest absolute Gasteiger partial charge is 0.192 e. The average Bonchev–Trinajstić information content (AvgIpc) is 2.25. The minimum absolute atomic E-state index is 0.274. The summed E-state index contributed by atoms with van der Waals surface area (Å²) in [5, 5.41) is 0.274. The van der Waals surface area contributed by atoms with Crippen LogP contribution in [-0.2, 0) is 11.0 Å². The topological polar surface area (TPSA) is 12.5 Å². The Morgan fingerprint density at radius 2 is 1.56 bits per heavy atom. The number of benzene rings is 1.